The van der Waals surface area contributed by atoms with Crippen molar-refractivity contribution < 1.29 is 0 Å². The van der Waals surface area contributed by atoms with Crippen LogP contribution < -0.4 is 0 Å². The third-order valence-electron chi connectivity index (χ3n) is 4.11. The van der Waals surface area contributed by atoms with Crippen molar-refractivity contribution in [3.63, 3.8) is 0 Å². The van der Waals surface area contributed by atoms with Crippen LogP contribution in [0.1, 0.15) is 17.9 Å². The molecule has 2 aliphatic rings. The summed E-state index contributed by atoms with van der Waals surface area (Å²) in [5.74, 6) is 0.926. The molecule has 0 spiro atoms. The zero-order valence-corrected chi connectivity index (χ0v) is 12.5. The largest absolute Gasteiger partial charge is 0.302 e. The highest BCUT2D eigenvalue weighted by Crippen LogP contribution is 2.44. The number of likely N-dealkylation sites (N-methyl/N-ethyl adjacent to an activating group) is 1. The first-order valence-electron chi connectivity index (χ1n) is 6.63. The summed E-state index contributed by atoms with van der Waals surface area (Å²) in [6.07, 6.45) is 2.83. The van der Waals surface area contributed by atoms with Gasteiger partial charge in [0.15, 0.2) is 0 Å². The van der Waals surface area contributed by atoms with Crippen molar-refractivity contribution in [3.05, 3.63) is 57.6 Å². The Bertz CT molecular complexity index is 533. The van der Waals surface area contributed by atoms with E-state index in [2.05, 4.69) is 42.3 Å². The fraction of sp³-hybridized carbons (Fsp3) is 0.375. The molecule has 0 saturated carbocycles. The molecular formula is C16H17Cl2N. The lowest BCUT2D eigenvalue weighted by atomic mass is 9.74. The zero-order chi connectivity index (χ0) is 13.4. The van der Waals surface area contributed by atoms with Crippen molar-refractivity contribution in [2.24, 2.45) is 5.92 Å². The van der Waals surface area contributed by atoms with Crippen molar-refractivity contribution in [1.29, 1.82) is 0 Å². The van der Waals surface area contributed by atoms with Crippen LogP contribution in [-0.2, 0) is 0 Å². The standard InChI is InChI=1S/C16H17Cl2N/c1-19-9-14(11-5-3-2-4-6-11)13-7-12(17)8-16(18)15(13)10-19/h2-6,8,13-14H,7,9-10H2,1H3. The van der Waals surface area contributed by atoms with Crippen LogP contribution in [0.5, 0.6) is 0 Å². The molecule has 0 N–H and O–H groups in total. The topological polar surface area (TPSA) is 3.24 Å². The maximum atomic E-state index is 6.40. The number of rotatable bonds is 1. The normalized spacial score (nSPS) is 28.1. The summed E-state index contributed by atoms with van der Waals surface area (Å²) < 4.78 is 0. The van der Waals surface area contributed by atoms with Crippen molar-refractivity contribution in [1.82, 2.24) is 4.90 Å². The smallest absolute Gasteiger partial charge is 0.0425 e. The van der Waals surface area contributed by atoms with Gasteiger partial charge in [-0.15, -0.1) is 0 Å². The Kier molecular flexibility index (Phi) is 3.70. The van der Waals surface area contributed by atoms with Crippen LogP contribution in [0.25, 0.3) is 0 Å². The van der Waals surface area contributed by atoms with Crippen molar-refractivity contribution in [2.45, 2.75) is 12.3 Å². The average Bonchev–Trinajstić information content (AvgIpc) is 2.40. The Morgan fingerprint density at radius 1 is 1.11 bits per heavy atom. The minimum Gasteiger partial charge on any atom is -0.302 e. The third kappa shape index (κ3) is 2.60. The second-order valence-electron chi connectivity index (χ2n) is 5.49. The van der Waals surface area contributed by atoms with Gasteiger partial charge in [0.2, 0.25) is 0 Å². The predicted octanol–water partition coefficient (Wildman–Crippen LogP) is 4.35. The molecule has 3 heteroatoms. The number of hydrogen-bond acceptors (Lipinski definition) is 1. The molecule has 1 fully saturated rings. The fourth-order valence-electron chi connectivity index (χ4n) is 3.23. The number of piperidine rings is 1. The molecule has 1 aromatic carbocycles. The summed E-state index contributed by atoms with van der Waals surface area (Å²) >= 11 is 12.6. The molecule has 1 aliphatic heterocycles. The van der Waals surface area contributed by atoms with Gasteiger partial charge in [-0.2, -0.15) is 0 Å². The molecular weight excluding hydrogens is 277 g/mol. The first-order valence-corrected chi connectivity index (χ1v) is 7.39. The van der Waals surface area contributed by atoms with E-state index in [0.29, 0.717) is 11.8 Å². The molecule has 0 bridgehead atoms. The molecule has 1 heterocycles. The minimum atomic E-state index is 0.448. The first kappa shape index (κ1) is 13.2. The van der Waals surface area contributed by atoms with Gasteiger partial charge in [0.25, 0.3) is 0 Å². The summed E-state index contributed by atoms with van der Waals surface area (Å²) in [7, 11) is 2.16. The average molecular weight is 294 g/mol. The number of benzene rings is 1. The van der Waals surface area contributed by atoms with Crippen molar-refractivity contribution in [3.8, 4) is 0 Å². The van der Waals surface area contributed by atoms with Gasteiger partial charge >= 0.3 is 0 Å². The van der Waals surface area contributed by atoms with E-state index in [1.54, 1.807) is 0 Å². The van der Waals surface area contributed by atoms with Crippen LogP contribution >= 0.6 is 23.2 Å². The monoisotopic (exact) mass is 293 g/mol. The maximum Gasteiger partial charge on any atom is 0.0425 e. The first-order chi connectivity index (χ1) is 9.15. The lowest BCUT2D eigenvalue weighted by Crippen LogP contribution is -2.39. The van der Waals surface area contributed by atoms with E-state index in [1.165, 1.54) is 11.1 Å². The SMILES string of the molecule is CN1CC2=C(Cl)C=C(Cl)CC2C(c2ccccc2)C1. The molecule has 0 aromatic heterocycles. The summed E-state index contributed by atoms with van der Waals surface area (Å²) in [6, 6.07) is 10.7. The van der Waals surface area contributed by atoms with Crippen LogP contribution in [0.3, 0.4) is 0 Å². The molecule has 2 unspecified atom stereocenters. The molecule has 0 radical (unpaired) electrons. The number of fused-ring (bicyclic) bond motifs is 1. The second kappa shape index (κ2) is 5.32. The summed E-state index contributed by atoms with van der Waals surface area (Å²) in [5, 5.41) is 1.72. The molecule has 100 valence electrons. The van der Waals surface area contributed by atoms with Crippen LogP contribution in [0, 0.1) is 5.92 Å². The van der Waals surface area contributed by atoms with Gasteiger partial charge in [-0.1, -0.05) is 53.5 Å². The Hall–Kier alpha value is -0.760. The predicted molar refractivity (Wildman–Crippen MR) is 81.6 cm³/mol. The van der Waals surface area contributed by atoms with Gasteiger partial charge < -0.3 is 4.90 Å². The number of allylic oxidation sites excluding steroid dienone is 3. The molecule has 19 heavy (non-hydrogen) atoms. The molecule has 1 saturated heterocycles. The molecule has 1 aliphatic carbocycles. The van der Waals surface area contributed by atoms with Gasteiger partial charge in [-0.05, 0) is 36.6 Å². The Labute approximate surface area is 124 Å². The van der Waals surface area contributed by atoms with Gasteiger partial charge in [-0.3, -0.25) is 0 Å². The summed E-state index contributed by atoms with van der Waals surface area (Å²) in [6.45, 7) is 2.01. The van der Waals surface area contributed by atoms with Gasteiger partial charge in [0.05, 0.1) is 0 Å². The van der Waals surface area contributed by atoms with Crippen LogP contribution in [0.2, 0.25) is 0 Å². The third-order valence-corrected chi connectivity index (χ3v) is 4.73. The number of halogens is 2. The van der Waals surface area contributed by atoms with Gasteiger partial charge in [0, 0.05) is 29.1 Å². The minimum absolute atomic E-state index is 0.448. The molecule has 1 nitrogen and oxygen atoms in total. The maximum absolute atomic E-state index is 6.40. The van der Waals surface area contributed by atoms with E-state index in [9.17, 15) is 0 Å². The van der Waals surface area contributed by atoms with Crippen molar-refractivity contribution >= 4 is 23.2 Å². The molecule has 2 atom stereocenters. The number of hydrogen-bond donors (Lipinski definition) is 0. The Morgan fingerprint density at radius 3 is 2.58 bits per heavy atom. The quantitative estimate of drug-likeness (QED) is 0.744. The van der Waals surface area contributed by atoms with Crippen LogP contribution in [0.15, 0.2) is 52.0 Å². The highest BCUT2D eigenvalue weighted by Gasteiger charge is 2.35. The number of likely N-dealkylation sites (tertiary alicyclic amines) is 1. The highest BCUT2D eigenvalue weighted by molar-refractivity contribution is 6.35. The highest BCUT2D eigenvalue weighted by atomic mass is 35.5. The Morgan fingerprint density at radius 2 is 1.84 bits per heavy atom. The Balaban J connectivity index is 2.00. The van der Waals surface area contributed by atoms with Gasteiger partial charge in [-0.25, -0.2) is 0 Å². The van der Waals surface area contributed by atoms with Crippen LogP contribution in [0.4, 0.5) is 0 Å². The molecule has 1 aromatic rings. The van der Waals surface area contributed by atoms with E-state index in [4.69, 9.17) is 23.2 Å². The van der Waals surface area contributed by atoms with Gasteiger partial charge in [0.1, 0.15) is 0 Å². The number of nitrogens with zero attached hydrogens (tertiary/aromatic N) is 1. The fourth-order valence-corrected chi connectivity index (χ4v) is 3.90. The van der Waals surface area contributed by atoms with E-state index < -0.39 is 0 Å². The second-order valence-corrected chi connectivity index (χ2v) is 6.38. The molecule has 0 amide bonds. The van der Waals surface area contributed by atoms with Crippen LogP contribution in [-0.4, -0.2) is 25.0 Å². The summed E-state index contributed by atoms with van der Waals surface area (Å²) in [4.78, 5) is 2.35. The van der Waals surface area contributed by atoms with Crippen molar-refractivity contribution in [2.75, 3.05) is 20.1 Å². The zero-order valence-electron chi connectivity index (χ0n) is 10.9. The van der Waals surface area contributed by atoms with E-state index >= 15 is 0 Å². The summed E-state index contributed by atoms with van der Waals surface area (Å²) in [5.41, 5.74) is 2.72. The lowest BCUT2D eigenvalue weighted by Gasteiger charge is -2.41. The van der Waals surface area contributed by atoms with E-state index in [0.717, 1.165) is 29.6 Å². The lowest BCUT2D eigenvalue weighted by molar-refractivity contribution is 0.243. The molecule has 3 rings (SSSR count). The van der Waals surface area contributed by atoms with E-state index in [1.807, 2.05) is 6.08 Å². The van der Waals surface area contributed by atoms with E-state index in [-0.39, 0.29) is 0 Å².